The number of anilines is 2. The van der Waals surface area contributed by atoms with Crippen molar-refractivity contribution in [2.45, 2.75) is 6.61 Å². The summed E-state index contributed by atoms with van der Waals surface area (Å²) in [5.74, 6) is -1.09. The minimum atomic E-state index is -0.858. The number of urea groups is 1. The van der Waals surface area contributed by atoms with Gasteiger partial charge in [-0.25, -0.2) is 9.69 Å². The lowest BCUT2D eigenvalue weighted by Crippen LogP contribution is -2.54. The number of amides is 5. The zero-order valence-electron chi connectivity index (χ0n) is 22.1. The molecule has 1 heterocycles. The highest BCUT2D eigenvalue weighted by molar-refractivity contribution is 6.39. The normalized spacial score (nSPS) is 14.0. The molecule has 0 unspecified atom stereocenters. The molecule has 0 aliphatic carbocycles. The predicted molar refractivity (Wildman–Crippen MR) is 158 cm³/mol. The van der Waals surface area contributed by atoms with E-state index in [0.29, 0.717) is 34.4 Å². The van der Waals surface area contributed by atoms with Crippen LogP contribution in [0.2, 0.25) is 5.02 Å². The molecule has 1 aliphatic rings. The highest BCUT2D eigenvalue weighted by Crippen LogP contribution is 2.25. The fraction of sp³-hybridized carbons (Fsp3) is 0.0625. The van der Waals surface area contributed by atoms with Gasteiger partial charge in [-0.2, -0.15) is 0 Å². The maximum atomic E-state index is 13.3. The third kappa shape index (κ3) is 7.01. The van der Waals surface area contributed by atoms with Gasteiger partial charge in [-0.3, -0.25) is 19.7 Å². The van der Waals surface area contributed by atoms with E-state index in [4.69, 9.17) is 21.1 Å². The number of imide groups is 2. The highest BCUT2D eigenvalue weighted by Gasteiger charge is 2.36. The zero-order valence-corrected chi connectivity index (χ0v) is 22.8. The Morgan fingerprint density at radius 3 is 2.31 bits per heavy atom. The summed E-state index contributed by atoms with van der Waals surface area (Å²) < 4.78 is 11.4. The summed E-state index contributed by atoms with van der Waals surface area (Å²) in [7, 11) is 0. The number of barbiturate groups is 1. The van der Waals surface area contributed by atoms with E-state index in [0.717, 1.165) is 10.5 Å². The second-order valence-corrected chi connectivity index (χ2v) is 9.58. The minimum absolute atomic E-state index is 0.239. The van der Waals surface area contributed by atoms with Gasteiger partial charge in [0.15, 0.2) is 6.61 Å². The molecule has 1 saturated heterocycles. The van der Waals surface area contributed by atoms with E-state index in [9.17, 15) is 19.2 Å². The Labute approximate surface area is 246 Å². The van der Waals surface area contributed by atoms with Gasteiger partial charge < -0.3 is 14.8 Å². The number of ether oxygens (including phenoxy) is 2. The largest absolute Gasteiger partial charge is 0.489 e. The molecule has 0 bridgehead atoms. The van der Waals surface area contributed by atoms with Gasteiger partial charge in [-0.05, 0) is 77.9 Å². The standard InChI is InChI=1S/C32H24ClN3O6/c33-23-9-11-24(12-10-23)34-29(37)20-42-27-8-4-7-22(17-27)18-28-30(38)35-32(40)36(31(28)39)25-13-15-26(16-14-25)41-19-21-5-2-1-3-6-21/h1-18H,19-20H2,(H,34,37)(H,35,38,40)/b28-18-. The number of hydrogen-bond acceptors (Lipinski definition) is 6. The minimum Gasteiger partial charge on any atom is -0.489 e. The van der Waals surface area contributed by atoms with Crippen molar-refractivity contribution in [2.75, 3.05) is 16.8 Å². The molecule has 10 heteroatoms. The van der Waals surface area contributed by atoms with E-state index in [1.807, 2.05) is 30.3 Å². The molecule has 4 aromatic carbocycles. The van der Waals surface area contributed by atoms with E-state index in [1.54, 1.807) is 72.8 Å². The summed E-state index contributed by atoms with van der Waals surface area (Å²) in [6.45, 7) is 0.0932. The summed E-state index contributed by atoms with van der Waals surface area (Å²) >= 11 is 5.86. The van der Waals surface area contributed by atoms with Crippen LogP contribution in [0.1, 0.15) is 11.1 Å². The first kappa shape index (κ1) is 28.1. The van der Waals surface area contributed by atoms with Crippen molar-refractivity contribution in [3.63, 3.8) is 0 Å². The average Bonchev–Trinajstić information content (AvgIpc) is 3.00. The SMILES string of the molecule is O=C(COc1cccc(/C=C2/C(=O)NC(=O)N(c3ccc(OCc4ccccc4)cc3)C2=O)c1)Nc1ccc(Cl)cc1. The predicted octanol–water partition coefficient (Wildman–Crippen LogP) is 5.60. The Morgan fingerprint density at radius 1 is 0.833 bits per heavy atom. The quantitative estimate of drug-likeness (QED) is 0.196. The number of carbonyl (C=O) groups is 4. The van der Waals surface area contributed by atoms with Gasteiger partial charge in [-0.1, -0.05) is 54.1 Å². The van der Waals surface area contributed by atoms with Crippen LogP contribution in [0, 0.1) is 0 Å². The van der Waals surface area contributed by atoms with Crippen molar-refractivity contribution in [1.29, 1.82) is 0 Å². The Hall–Kier alpha value is -5.41. The van der Waals surface area contributed by atoms with Crippen LogP contribution in [-0.4, -0.2) is 30.4 Å². The molecule has 1 fully saturated rings. The first-order chi connectivity index (χ1) is 20.4. The van der Waals surface area contributed by atoms with E-state index in [-0.39, 0.29) is 23.8 Å². The maximum absolute atomic E-state index is 13.3. The molecule has 5 rings (SSSR count). The average molecular weight is 582 g/mol. The van der Waals surface area contributed by atoms with Crippen LogP contribution in [0.25, 0.3) is 6.08 Å². The summed E-state index contributed by atoms with van der Waals surface area (Å²) in [5, 5.41) is 5.45. The van der Waals surface area contributed by atoms with Gasteiger partial charge in [0.05, 0.1) is 5.69 Å². The Bertz CT molecular complexity index is 1650. The van der Waals surface area contributed by atoms with Crippen molar-refractivity contribution in [3.05, 3.63) is 125 Å². The molecule has 0 aromatic heterocycles. The number of benzene rings is 4. The fourth-order valence-electron chi connectivity index (χ4n) is 4.06. The van der Waals surface area contributed by atoms with Crippen molar-refractivity contribution >= 4 is 52.8 Å². The molecule has 0 atom stereocenters. The number of carbonyl (C=O) groups excluding carboxylic acids is 4. The molecule has 210 valence electrons. The molecular weight excluding hydrogens is 558 g/mol. The van der Waals surface area contributed by atoms with Crippen molar-refractivity contribution in [2.24, 2.45) is 0 Å². The van der Waals surface area contributed by atoms with Gasteiger partial charge >= 0.3 is 6.03 Å². The number of nitrogens with zero attached hydrogens (tertiary/aromatic N) is 1. The molecule has 2 N–H and O–H groups in total. The van der Waals surface area contributed by atoms with Crippen molar-refractivity contribution in [3.8, 4) is 11.5 Å². The number of rotatable bonds is 9. The fourth-order valence-corrected chi connectivity index (χ4v) is 4.19. The molecule has 1 aliphatic heterocycles. The summed E-state index contributed by atoms with van der Waals surface area (Å²) in [6.07, 6.45) is 1.36. The van der Waals surface area contributed by atoms with Crippen LogP contribution in [0.3, 0.4) is 0 Å². The summed E-state index contributed by atoms with van der Waals surface area (Å²) in [5.41, 5.74) is 2.06. The first-order valence-corrected chi connectivity index (χ1v) is 13.2. The van der Waals surface area contributed by atoms with Gasteiger partial charge in [0.25, 0.3) is 17.7 Å². The monoisotopic (exact) mass is 581 g/mol. The third-order valence-corrected chi connectivity index (χ3v) is 6.36. The summed E-state index contributed by atoms with van der Waals surface area (Å²) in [6, 6.07) is 28.4. The van der Waals surface area contributed by atoms with Crippen molar-refractivity contribution < 1.29 is 28.7 Å². The van der Waals surface area contributed by atoms with E-state index in [1.165, 1.54) is 6.08 Å². The highest BCUT2D eigenvalue weighted by atomic mass is 35.5. The van der Waals surface area contributed by atoms with Crippen LogP contribution in [0.4, 0.5) is 16.2 Å². The first-order valence-electron chi connectivity index (χ1n) is 12.8. The molecule has 4 aromatic rings. The van der Waals surface area contributed by atoms with E-state index < -0.39 is 17.8 Å². The van der Waals surface area contributed by atoms with Crippen LogP contribution in [0.15, 0.2) is 109 Å². The second-order valence-electron chi connectivity index (χ2n) is 9.14. The van der Waals surface area contributed by atoms with Gasteiger partial charge in [0, 0.05) is 10.7 Å². The van der Waals surface area contributed by atoms with Crippen LogP contribution in [0.5, 0.6) is 11.5 Å². The molecule has 0 radical (unpaired) electrons. The lowest BCUT2D eigenvalue weighted by molar-refractivity contribution is -0.122. The Balaban J connectivity index is 1.25. The van der Waals surface area contributed by atoms with Crippen LogP contribution in [-0.2, 0) is 21.0 Å². The Morgan fingerprint density at radius 2 is 1.57 bits per heavy atom. The van der Waals surface area contributed by atoms with E-state index >= 15 is 0 Å². The molecule has 0 saturated carbocycles. The third-order valence-electron chi connectivity index (χ3n) is 6.11. The number of hydrogen-bond donors (Lipinski definition) is 2. The van der Waals surface area contributed by atoms with Gasteiger partial charge in [0.2, 0.25) is 0 Å². The lowest BCUT2D eigenvalue weighted by atomic mass is 10.1. The van der Waals surface area contributed by atoms with Gasteiger partial charge in [-0.15, -0.1) is 0 Å². The Kier molecular flexibility index (Phi) is 8.60. The maximum Gasteiger partial charge on any atom is 0.335 e. The molecule has 5 amide bonds. The second kappa shape index (κ2) is 12.8. The zero-order chi connectivity index (χ0) is 29.5. The molecular formula is C32H24ClN3O6. The van der Waals surface area contributed by atoms with Crippen LogP contribution >= 0.6 is 11.6 Å². The number of halogens is 1. The molecule has 42 heavy (non-hydrogen) atoms. The number of nitrogens with one attached hydrogen (secondary N) is 2. The smallest absolute Gasteiger partial charge is 0.335 e. The van der Waals surface area contributed by atoms with Crippen molar-refractivity contribution in [1.82, 2.24) is 5.32 Å². The summed E-state index contributed by atoms with van der Waals surface area (Å²) in [4.78, 5) is 51.7. The lowest BCUT2D eigenvalue weighted by Gasteiger charge is -2.26. The topological polar surface area (TPSA) is 114 Å². The molecule has 0 spiro atoms. The van der Waals surface area contributed by atoms with Gasteiger partial charge in [0.1, 0.15) is 23.7 Å². The van der Waals surface area contributed by atoms with E-state index in [2.05, 4.69) is 10.6 Å². The van der Waals surface area contributed by atoms with Crippen LogP contribution < -0.4 is 25.0 Å². The molecule has 9 nitrogen and oxygen atoms in total.